The number of carbonyl (C=O) groups excluding carboxylic acids is 3. The Morgan fingerprint density at radius 1 is 0.897 bits per heavy atom. The van der Waals surface area contributed by atoms with Gasteiger partial charge in [0.1, 0.15) is 5.70 Å². The summed E-state index contributed by atoms with van der Waals surface area (Å²) >= 11 is 2.93. The third-order valence-electron chi connectivity index (χ3n) is 5.83. The highest BCUT2D eigenvalue weighted by molar-refractivity contribution is 8.00. The molecule has 198 valence electrons. The first kappa shape index (κ1) is 27.9. The molecule has 6 nitrogen and oxygen atoms in total. The lowest BCUT2D eigenvalue weighted by Crippen LogP contribution is -2.30. The average Bonchev–Trinajstić information content (AvgIpc) is 3.45. The van der Waals surface area contributed by atoms with Gasteiger partial charge in [0.2, 0.25) is 5.91 Å². The van der Waals surface area contributed by atoms with Crippen LogP contribution < -0.4 is 16.0 Å². The Labute approximate surface area is 236 Å². The first-order valence-corrected chi connectivity index (χ1v) is 14.2. The van der Waals surface area contributed by atoms with Crippen LogP contribution in [0.4, 0.5) is 11.4 Å². The molecule has 0 spiro atoms. The Morgan fingerprint density at radius 3 is 2.33 bits per heavy atom. The van der Waals surface area contributed by atoms with E-state index in [0.717, 1.165) is 27.3 Å². The van der Waals surface area contributed by atoms with Crippen LogP contribution in [-0.4, -0.2) is 23.0 Å². The molecule has 0 fully saturated rings. The fraction of sp³-hybridized carbons (Fsp3) is 0.129. The summed E-state index contributed by atoms with van der Waals surface area (Å²) in [5, 5.41) is 12.1. The van der Waals surface area contributed by atoms with Crippen molar-refractivity contribution in [3.8, 4) is 0 Å². The monoisotopic (exact) mass is 555 g/mol. The molecule has 0 aliphatic carbocycles. The van der Waals surface area contributed by atoms with Crippen molar-refractivity contribution < 1.29 is 14.4 Å². The molecule has 0 radical (unpaired) electrons. The quantitative estimate of drug-likeness (QED) is 0.155. The maximum Gasteiger partial charge on any atom is 0.272 e. The number of hydrogen-bond donors (Lipinski definition) is 3. The topological polar surface area (TPSA) is 87.3 Å². The van der Waals surface area contributed by atoms with Crippen LogP contribution in [0.5, 0.6) is 0 Å². The van der Waals surface area contributed by atoms with Gasteiger partial charge in [0, 0.05) is 21.8 Å². The third-order valence-corrected chi connectivity index (χ3v) is 7.64. The van der Waals surface area contributed by atoms with E-state index >= 15 is 0 Å². The number of amides is 3. The fourth-order valence-electron chi connectivity index (χ4n) is 3.64. The van der Waals surface area contributed by atoms with Crippen LogP contribution in [0, 0.1) is 13.8 Å². The van der Waals surface area contributed by atoms with E-state index in [1.165, 1.54) is 23.1 Å². The molecule has 1 unspecified atom stereocenters. The highest BCUT2D eigenvalue weighted by atomic mass is 32.2. The second-order valence-corrected chi connectivity index (χ2v) is 11.2. The number of nitrogens with one attached hydrogen (secondary N) is 3. The van der Waals surface area contributed by atoms with Crippen molar-refractivity contribution in [2.24, 2.45) is 0 Å². The van der Waals surface area contributed by atoms with Crippen LogP contribution in [0.15, 0.2) is 100 Å². The van der Waals surface area contributed by atoms with Gasteiger partial charge in [-0.1, -0.05) is 30.3 Å². The smallest absolute Gasteiger partial charge is 0.272 e. The number of thioether (sulfide) groups is 1. The first-order valence-electron chi connectivity index (χ1n) is 12.3. The molecule has 0 aliphatic heterocycles. The van der Waals surface area contributed by atoms with E-state index in [1.54, 1.807) is 42.5 Å². The van der Waals surface area contributed by atoms with E-state index in [2.05, 4.69) is 16.0 Å². The molecule has 3 aromatic carbocycles. The molecule has 4 rings (SSSR count). The predicted octanol–water partition coefficient (Wildman–Crippen LogP) is 6.89. The number of rotatable bonds is 9. The second-order valence-electron chi connectivity index (χ2n) is 8.98. The lowest BCUT2D eigenvalue weighted by molar-refractivity contribution is -0.115. The van der Waals surface area contributed by atoms with Crippen LogP contribution in [0.25, 0.3) is 6.08 Å². The van der Waals surface area contributed by atoms with E-state index < -0.39 is 5.91 Å². The van der Waals surface area contributed by atoms with Gasteiger partial charge in [-0.3, -0.25) is 14.4 Å². The van der Waals surface area contributed by atoms with Gasteiger partial charge < -0.3 is 16.0 Å². The Morgan fingerprint density at radius 2 is 1.64 bits per heavy atom. The Hall–Kier alpha value is -4.14. The van der Waals surface area contributed by atoms with Crippen LogP contribution in [0.2, 0.25) is 0 Å². The molecule has 0 aliphatic rings. The largest absolute Gasteiger partial charge is 0.325 e. The van der Waals surface area contributed by atoms with Gasteiger partial charge in [0.05, 0.1) is 5.25 Å². The molecule has 39 heavy (non-hydrogen) atoms. The van der Waals surface area contributed by atoms with Crippen LogP contribution in [-0.2, 0) is 9.59 Å². The molecular weight excluding hydrogens is 526 g/mol. The van der Waals surface area contributed by atoms with Gasteiger partial charge in [-0.2, -0.15) is 11.3 Å². The van der Waals surface area contributed by atoms with Crippen LogP contribution >= 0.6 is 23.1 Å². The number of benzene rings is 3. The molecule has 4 aromatic rings. The summed E-state index contributed by atoms with van der Waals surface area (Å²) in [6.45, 7) is 5.82. The van der Waals surface area contributed by atoms with Crippen LogP contribution in [0.1, 0.15) is 34.0 Å². The maximum atomic E-state index is 13.1. The van der Waals surface area contributed by atoms with Gasteiger partial charge >= 0.3 is 0 Å². The highest BCUT2D eigenvalue weighted by Crippen LogP contribution is 2.26. The summed E-state index contributed by atoms with van der Waals surface area (Å²) in [6, 6.07) is 23.8. The first-order chi connectivity index (χ1) is 18.8. The van der Waals surface area contributed by atoms with Crippen molar-refractivity contribution in [3.05, 3.63) is 118 Å². The Balaban J connectivity index is 1.40. The van der Waals surface area contributed by atoms with Gasteiger partial charge in [-0.25, -0.2) is 0 Å². The van der Waals surface area contributed by atoms with Crippen molar-refractivity contribution in [3.63, 3.8) is 0 Å². The Bertz CT molecular complexity index is 1480. The summed E-state index contributed by atoms with van der Waals surface area (Å²) < 4.78 is 0. The number of carbonyl (C=O) groups is 3. The number of hydrogen-bond acceptors (Lipinski definition) is 5. The zero-order valence-corrected chi connectivity index (χ0v) is 23.5. The summed E-state index contributed by atoms with van der Waals surface area (Å²) in [7, 11) is 0. The van der Waals surface area contributed by atoms with E-state index in [-0.39, 0.29) is 22.8 Å². The third kappa shape index (κ3) is 7.92. The SMILES string of the molecule is Cc1ccc(C)c(NC(=O)C(C)Sc2ccc(NC(=O)/C(=C/c3ccsc3)NC(=O)c3ccccc3)cc2)c1. The minimum absolute atomic E-state index is 0.0801. The van der Waals surface area contributed by atoms with Crippen molar-refractivity contribution in [2.75, 3.05) is 10.6 Å². The lowest BCUT2D eigenvalue weighted by Gasteiger charge is -2.15. The lowest BCUT2D eigenvalue weighted by atomic mass is 10.1. The molecule has 1 heterocycles. The second kappa shape index (κ2) is 13.1. The van der Waals surface area contributed by atoms with Crippen LogP contribution in [0.3, 0.4) is 0 Å². The van der Waals surface area contributed by atoms with E-state index in [1.807, 2.05) is 74.0 Å². The highest BCUT2D eigenvalue weighted by Gasteiger charge is 2.17. The maximum absolute atomic E-state index is 13.1. The van der Waals surface area contributed by atoms with E-state index in [0.29, 0.717) is 11.3 Å². The molecule has 3 N–H and O–H groups in total. The number of anilines is 2. The molecule has 0 bridgehead atoms. The fourth-order valence-corrected chi connectivity index (χ4v) is 5.13. The Kier molecular flexibility index (Phi) is 9.35. The summed E-state index contributed by atoms with van der Waals surface area (Å²) in [5.41, 5.74) is 4.90. The molecule has 1 atom stereocenters. The zero-order chi connectivity index (χ0) is 27.8. The molecule has 1 aromatic heterocycles. The van der Waals surface area contributed by atoms with Gasteiger partial charge in [0.15, 0.2) is 0 Å². The zero-order valence-electron chi connectivity index (χ0n) is 21.9. The standard InChI is InChI=1S/C31H29N3O3S2/c1-20-9-10-21(2)27(17-20)33-29(35)22(3)39-26-13-11-25(12-14-26)32-31(37)28(18-23-15-16-38-19-23)34-30(36)24-7-5-4-6-8-24/h4-19,22H,1-3H3,(H,32,37)(H,33,35)(H,34,36)/b28-18-. The number of aryl methyl sites for hydroxylation is 2. The summed E-state index contributed by atoms with van der Waals surface area (Å²) in [6.07, 6.45) is 1.65. The molecule has 3 amide bonds. The van der Waals surface area contributed by atoms with E-state index in [4.69, 9.17) is 0 Å². The average molecular weight is 556 g/mol. The normalized spacial score (nSPS) is 11.9. The van der Waals surface area contributed by atoms with Crippen molar-refractivity contribution in [1.82, 2.24) is 5.32 Å². The predicted molar refractivity (Wildman–Crippen MR) is 161 cm³/mol. The summed E-state index contributed by atoms with van der Waals surface area (Å²) in [5.74, 6) is -0.886. The molecule has 8 heteroatoms. The van der Waals surface area contributed by atoms with Gasteiger partial charge in [-0.15, -0.1) is 11.8 Å². The number of thiophene rings is 1. The van der Waals surface area contributed by atoms with Crippen molar-refractivity contribution in [2.45, 2.75) is 30.9 Å². The van der Waals surface area contributed by atoms with Gasteiger partial charge in [-0.05, 0) is 103 Å². The van der Waals surface area contributed by atoms with Crippen molar-refractivity contribution >= 4 is 58.3 Å². The van der Waals surface area contributed by atoms with E-state index in [9.17, 15) is 14.4 Å². The molecular formula is C31H29N3O3S2. The minimum Gasteiger partial charge on any atom is -0.325 e. The van der Waals surface area contributed by atoms with Gasteiger partial charge in [0.25, 0.3) is 11.8 Å². The van der Waals surface area contributed by atoms with Crippen molar-refractivity contribution in [1.29, 1.82) is 0 Å². The summed E-state index contributed by atoms with van der Waals surface area (Å²) in [4.78, 5) is 39.5. The molecule has 0 saturated carbocycles. The minimum atomic E-state index is -0.438. The molecule has 0 saturated heterocycles.